The van der Waals surface area contributed by atoms with Crippen LogP contribution in [0.3, 0.4) is 0 Å². The molecule has 3 N–H and O–H groups in total. The van der Waals surface area contributed by atoms with Crippen LogP contribution < -0.4 is 5.32 Å². The first-order chi connectivity index (χ1) is 10.1. The van der Waals surface area contributed by atoms with Gasteiger partial charge in [-0.1, -0.05) is 18.2 Å². The summed E-state index contributed by atoms with van der Waals surface area (Å²) in [6, 6.07) is 14.4. The molecular formula is C16H12N2O3. The van der Waals surface area contributed by atoms with Gasteiger partial charge in [0, 0.05) is 17.3 Å². The molecule has 0 aliphatic rings. The zero-order valence-corrected chi connectivity index (χ0v) is 10.9. The maximum Gasteiger partial charge on any atom is 0.266 e. The molecule has 104 valence electrons. The van der Waals surface area contributed by atoms with E-state index in [9.17, 15) is 15.0 Å². The van der Waals surface area contributed by atoms with Crippen molar-refractivity contribution in [3.8, 4) is 17.6 Å². The van der Waals surface area contributed by atoms with Crippen LogP contribution in [0, 0.1) is 11.3 Å². The Labute approximate surface area is 121 Å². The van der Waals surface area contributed by atoms with Crippen LogP contribution >= 0.6 is 0 Å². The van der Waals surface area contributed by atoms with Crippen LogP contribution in [0.5, 0.6) is 11.5 Å². The highest BCUT2D eigenvalue weighted by atomic mass is 16.3. The number of para-hydroxylation sites is 1. The van der Waals surface area contributed by atoms with Crippen LogP contribution in [-0.2, 0) is 4.79 Å². The van der Waals surface area contributed by atoms with Crippen molar-refractivity contribution in [3.63, 3.8) is 0 Å². The van der Waals surface area contributed by atoms with Crippen molar-refractivity contribution in [2.75, 3.05) is 5.32 Å². The third-order valence-electron chi connectivity index (χ3n) is 2.71. The predicted octanol–water partition coefficient (Wildman–Crippen LogP) is 2.64. The first-order valence-electron chi connectivity index (χ1n) is 6.10. The Morgan fingerprint density at radius 1 is 1.14 bits per heavy atom. The number of nitriles is 1. The lowest BCUT2D eigenvalue weighted by molar-refractivity contribution is -0.112. The number of anilines is 1. The molecular weight excluding hydrogens is 268 g/mol. The second-order valence-electron chi connectivity index (χ2n) is 4.23. The lowest BCUT2D eigenvalue weighted by Gasteiger charge is -2.04. The number of carbonyl (C=O) groups excluding carboxylic acids is 1. The minimum atomic E-state index is -0.573. The number of amides is 1. The number of nitrogens with zero attached hydrogens (tertiary/aromatic N) is 1. The van der Waals surface area contributed by atoms with Gasteiger partial charge in [-0.25, -0.2) is 0 Å². The number of hydrogen-bond acceptors (Lipinski definition) is 4. The fourth-order valence-corrected chi connectivity index (χ4v) is 1.68. The average molecular weight is 280 g/mol. The van der Waals surface area contributed by atoms with Gasteiger partial charge in [0.2, 0.25) is 0 Å². The molecule has 0 aliphatic heterocycles. The third kappa shape index (κ3) is 3.61. The van der Waals surface area contributed by atoms with Crippen molar-refractivity contribution in [3.05, 3.63) is 59.7 Å². The maximum absolute atomic E-state index is 12.0. The molecule has 0 fully saturated rings. The van der Waals surface area contributed by atoms with Gasteiger partial charge in [-0.3, -0.25) is 4.79 Å². The number of phenolic OH excluding ortho intramolecular Hbond substituents is 2. The van der Waals surface area contributed by atoms with Crippen LogP contribution in [0.15, 0.2) is 54.1 Å². The Morgan fingerprint density at radius 3 is 2.48 bits per heavy atom. The van der Waals surface area contributed by atoms with E-state index in [1.807, 2.05) is 6.07 Å². The van der Waals surface area contributed by atoms with E-state index >= 15 is 0 Å². The molecule has 5 heteroatoms. The van der Waals surface area contributed by atoms with Crippen molar-refractivity contribution in [1.29, 1.82) is 5.26 Å². The summed E-state index contributed by atoms with van der Waals surface area (Å²) < 4.78 is 0. The molecule has 0 bridgehead atoms. The molecule has 0 spiro atoms. The Morgan fingerprint density at radius 2 is 1.86 bits per heavy atom. The van der Waals surface area contributed by atoms with Gasteiger partial charge in [0.05, 0.1) is 0 Å². The quantitative estimate of drug-likeness (QED) is 0.595. The second kappa shape index (κ2) is 6.26. The van der Waals surface area contributed by atoms with E-state index in [-0.39, 0.29) is 22.6 Å². The topological polar surface area (TPSA) is 93.3 Å². The van der Waals surface area contributed by atoms with Crippen molar-refractivity contribution >= 4 is 17.7 Å². The molecule has 0 radical (unpaired) electrons. The third-order valence-corrected chi connectivity index (χ3v) is 2.71. The number of benzene rings is 2. The van der Waals surface area contributed by atoms with Gasteiger partial charge in [0.1, 0.15) is 23.1 Å². The smallest absolute Gasteiger partial charge is 0.266 e. The number of carbonyl (C=O) groups is 1. The summed E-state index contributed by atoms with van der Waals surface area (Å²) in [5, 5.41) is 30.5. The summed E-state index contributed by atoms with van der Waals surface area (Å²) in [6.07, 6.45) is 1.26. The van der Waals surface area contributed by atoms with Gasteiger partial charge in [0.25, 0.3) is 5.91 Å². The second-order valence-corrected chi connectivity index (χ2v) is 4.23. The Kier molecular flexibility index (Phi) is 4.22. The zero-order chi connectivity index (χ0) is 15.2. The van der Waals surface area contributed by atoms with Crippen molar-refractivity contribution < 1.29 is 15.0 Å². The highest BCUT2D eigenvalue weighted by Crippen LogP contribution is 2.24. The highest BCUT2D eigenvalue weighted by molar-refractivity contribution is 6.09. The lowest BCUT2D eigenvalue weighted by atomic mass is 10.1. The summed E-state index contributed by atoms with van der Waals surface area (Å²) in [6.45, 7) is 0. The van der Waals surface area contributed by atoms with Crippen molar-refractivity contribution in [2.45, 2.75) is 0 Å². The van der Waals surface area contributed by atoms with Crippen molar-refractivity contribution in [1.82, 2.24) is 0 Å². The highest BCUT2D eigenvalue weighted by Gasteiger charge is 2.10. The number of aromatic hydroxyl groups is 2. The van der Waals surface area contributed by atoms with Crippen LogP contribution in [0.25, 0.3) is 6.08 Å². The summed E-state index contributed by atoms with van der Waals surface area (Å²) >= 11 is 0. The van der Waals surface area contributed by atoms with Crippen LogP contribution in [0.2, 0.25) is 0 Å². The maximum atomic E-state index is 12.0. The molecule has 0 saturated heterocycles. The normalized spacial score (nSPS) is 10.7. The monoisotopic (exact) mass is 280 g/mol. The zero-order valence-electron chi connectivity index (χ0n) is 10.9. The summed E-state index contributed by atoms with van der Waals surface area (Å²) in [7, 11) is 0. The van der Waals surface area contributed by atoms with Gasteiger partial charge in [-0.2, -0.15) is 5.26 Å². The van der Waals surface area contributed by atoms with Gasteiger partial charge in [-0.15, -0.1) is 0 Å². The molecule has 0 aliphatic carbocycles. The fraction of sp³-hybridized carbons (Fsp3) is 0. The number of nitrogens with one attached hydrogen (secondary N) is 1. The predicted molar refractivity (Wildman–Crippen MR) is 78.4 cm³/mol. The summed E-state index contributed by atoms with van der Waals surface area (Å²) in [4.78, 5) is 12.0. The lowest BCUT2D eigenvalue weighted by Crippen LogP contribution is -2.13. The molecule has 0 unspecified atom stereocenters. The first-order valence-corrected chi connectivity index (χ1v) is 6.10. The molecule has 0 aromatic heterocycles. The van der Waals surface area contributed by atoms with Crippen LogP contribution in [0.1, 0.15) is 5.56 Å². The minimum absolute atomic E-state index is 0.100. The van der Waals surface area contributed by atoms with E-state index < -0.39 is 5.91 Å². The Bertz CT molecular complexity index is 731. The molecule has 5 nitrogen and oxygen atoms in total. The van der Waals surface area contributed by atoms with Crippen molar-refractivity contribution in [2.24, 2.45) is 0 Å². The molecule has 21 heavy (non-hydrogen) atoms. The van der Waals surface area contributed by atoms with E-state index in [0.717, 1.165) is 6.07 Å². The SMILES string of the molecule is N#CC(=Cc1ccc(O)cc1O)C(=O)Nc1ccccc1. The number of hydrogen-bond donors (Lipinski definition) is 3. The fourth-order valence-electron chi connectivity index (χ4n) is 1.68. The Hall–Kier alpha value is -3.26. The molecule has 2 aromatic rings. The van der Waals surface area contributed by atoms with E-state index in [1.54, 1.807) is 30.3 Å². The summed E-state index contributed by atoms with van der Waals surface area (Å²) in [5.74, 6) is -0.886. The number of rotatable bonds is 3. The van der Waals surface area contributed by atoms with E-state index in [0.29, 0.717) is 5.69 Å². The van der Waals surface area contributed by atoms with Gasteiger partial charge >= 0.3 is 0 Å². The standard InChI is InChI=1S/C16H12N2O3/c17-10-12(8-11-6-7-14(19)9-15(11)20)16(21)18-13-4-2-1-3-5-13/h1-9,19-20H,(H,18,21). The minimum Gasteiger partial charge on any atom is -0.508 e. The molecule has 2 aromatic carbocycles. The van der Waals surface area contributed by atoms with Gasteiger partial charge in [0.15, 0.2) is 0 Å². The van der Waals surface area contributed by atoms with E-state index in [4.69, 9.17) is 5.26 Å². The van der Waals surface area contributed by atoms with Crippen LogP contribution in [-0.4, -0.2) is 16.1 Å². The van der Waals surface area contributed by atoms with Crippen LogP contribution in [0.4, 0.5) is 5.69 Å². The van der Waals surface area contributed by atoms with E-state index in [1.165, 1.54) is 18.2 Å². The average Bonchev–Trinajstić information content (AvgIpc) is 2.47. The van der Waals surface area contributed by atoms with Gasteiger partial charge in [-0.05, 0) is 30.3 Å². The molecule has 1 amide bonds. The Balaban J connectivity index is 2.25. The molecule has 0 atom stereocenters. The van der Waals surface area contributed by atoms with E-state index in [2.05, 4.69) is 5.32 Å². The van der Waals surface area contributed by atoms with Gasteiger partial charge < -0.3 is 15.5 Å². The number of phenols is 2. The first kappa shape index (κ1) is 14.2. The molecule has 0 heterocycles. The summed E-state index contributed by atoms with van der Waals surface area (Å²) in [5.41, 5.74) is 0.686. The molecule has 2 rings (SSSR count). The molecule has 0 saturated carbocycles. The largest absolute Gasteiger partial charge is 0.508 e.